The summed E-state index contributed by atoms with van der Waals surface area (Å²) in [6.07, 6.45) is 1.25. The number of ether oxygens (including phenoxy) is 1. The zero-order valence-corrected chi connectivity index (χ0v) is 17.2. The van der Waals surface area contributed by atoms with E-state index >= 15 is 0 Å². The van der Waals surface area contributed by atoms with Gasteiger partial charge in [-0.15, -0.1) is 0 Å². The molecule has 0 unspecified atom stereocenters. The van der Waals surface area contributed by atoms with Gasteiger partial charge in [0.1, 0.15) is 5.75 Å². The number of guanidine groups is 1. The molecule has 0 atom stereocenters. The zero-order valence-electron chi connectivity index (χ0n) is 17.2. The van der Waals surface area contributed by atoms with E-state index in [1.54, 1.807) is 10.6 Å². The lowest BCUT2D eigenvalue weighted by Gasteiger charge is -2.14. The van der Waals surface area contributed by atoms with Gasteiger partial charge < -0.3 is 25.9 Å². The smallest absolute Gasteiger partial charge is 0.308 e. The minimum atomic E-state index is -1.04. The lowest BCUT2D eigenvalue weighted by atomic mass is 10.1. The molecule has 1 heterocycles. The van der Waals surface area contributed by atoms with Gasteiger partial charge in [0.15, 0.2) is 5.96 Å². The van der Waals surface area contributed by atoms with Crippen molar-refractivity contribution >= 4 is 22.8 Å². The average Bonchev–Trinajstić information content (AvgIpc) is 2.74. The topological polar surface area (TPSA) is 133 Å². The third-order valence-electron chi connectivity index (χ3n) is 4.78. The number of hydrogen-bond acceptors (Lipinski definition) is 4. The van der Waals surface area contributed by atoms with Gasteiger partial charge in [-0.25, -0.2) is 0 Å². The van der Waals surface area contributed by atoms with E-state index in [4.69, 9.17) is 16.2 Å². The van der Waals surface area contributed by atoms with Gasteiger partial charge in [0.2, 0.25) is 0 Å². The molecule has 5 N–H and O–H groups in total. The molecule has 162 valence electrons. The first-order valence-corrected chi connectivity index (χ1v) is 10.0. The normalized spacial score (nSPS) is 10.7. The van der Waals surface area contributed by atoms with Crippen molar-refractivity contribution in [1.82, 2.24) is 4.57 Å². The number of aromatic nitrogens is 1. The third-order valence-corrected chi connectivity index (χ3v) is 4.78. The van der Waals surface area contributed by atoms with Gasteiger partial charge in [0, 0.05) is 18.2 Å². The standard InChI is InChI=1S/C23H26N4O4/c24-23(25)26-10-4-5-11-31-19-9-8-17-12-18(13-21(28)29)22(30)27(20(17)14-19)15-16-6-2-1-3-7-16/h1-3,6-9,12,14H,4-5,10-11,13,15H2,(H,28,29)(H4,24,25,26). The largest absolute Gasteiger partial charge is 0.494 e. The number of carboxylic acid groups (broad SMARTS) is 1. The number of hydrogen-bond donors (Lipinski definition) is 3. The lowest BCUT2D eigenvalue weighted by Crippen LogP contribution is -2.26. The number of nitrogens with zero attached hydrogens (tertiary/aromatic N) is 2. The van der Waals surface area contributed by atoms with Gasteiger partial charge in [-0.1, -0.05) is 30.3 Å². The van der Waals surface area contributed by atoms with E-state index in [9.17, 15) is 14.7 Å². The molecule has 2 aromatic carbocycles. The Morgan fingerprint density at radius 2 is 1.84 bits per heavy atom. The second-order valence-corrected chi connectivity index (χ2v) is 7.20. The number of aliphatic imine (C=N–C) groups is 1. The van der Waals surface area contributed by atoms with Crippen LogP contribution in [0.1, 0.15) is 24.0 Å². The molecule has 0 aliphatic carbocycles. The number of carbonyl (C=O) groups is 1. The Bertz CT molecular complexity index is 1140. The molecule has 8 nitrogen and oxygen atoms in total. The van der Waals surface area contributed by atoms with Crippen molar-refractivity contribution in [3.8, 4) is 5.75 Å². The van der Waals surface area contributed by atoms with Crippen LogP contribution >= 0.6 is 0 Å². The van der Waals surface area contributed by atoms with E-state index < -0.39 is 5.97 Å². The molecular formula is C23H26N4O4. The van der Waals surface area contributed by atoms with Gasteiger partial charge in [-0.3, -0.25) is 14.6 Å². The first-order chi connectivity index (χ1) is 14.9. The highest BCUT2D eigenvalue weighted by Gasteiger charge is 2.13. The van der Waals surface area contributed by atoms with Gasteiger partial charge in [-0.2, -0.15) is 0 Å². The molecule has 0 aliphatic rings. The molecule has 0 saturated heterocycles. The Morgan fingerprint density at radius 3 is 2.55 bits per heavy atom. The summed E-state index contributed by atoms with van der Waals surface area (Å²) in [6.45, 7) is 1.38. The number of benzene rings is 2. The van der Waals surface area contributed by atoms with Crippen LogP contribution < -0.4 is 21.8 Å². The first kappa shape index (κ1) is 21.9. The Balaban J connectivity index is 1.88. The van der Waals surface area contributed by atoms with Crippen molar-refractivity contribution in [2.45, 2.75) is 25.8 Å². The summed E-state index contributed by atoms with van der Waals surface area (Å²) in [6, 6.07) is 16.7. The van der Waals surface area contributed by atoms with Crippen LogP contribution in [0.4, 0.5) is 0 Å². The fourth-order valence-corrected chi connectivity index (χ4v) is 3.33. The maximum absolute atomic E-state index is 13.0. The Hall–Kier alpha value is -3.81. The molecule has 1 aromatic heterocycles. The van der Waals surface area contributed by atoms with E-state index in [0.29, 0.717) is 31.0 Å². The number of pyridine rings is 1. The molecule has 0 saturated carbocycles. The summed E-state index contributed by atoms with van der Waals surface area (Å²) in [5.41, 5.74) is 12.2. The Labute approximate surface area is 179 Å². The van der Waals surface area contributed by atoms with Crippen LogP contribution in [0.2, 0.25) is 0 Å². The van der Waals surface area contributed by atoms with Gasteiger partial charge in [0.25, 0.3) is 5.56 Å². The van der Waals surface area contributed by atoms with Crippen molar-refractivity contribution in [3.63, 3.8) is 0 Å². The van der Waals surface area contributed by atoms with Crippen molar-refractivity contribution in [1.29, 1.82) is 0 Å². The van der Waals surface area contributed by atoms with Gasteiger partial charge in [-0.05, 0) is 42.0 Å². The quantitative estimate of drug-likeness (QED) is 0.260. The number of fused-ring (bicyclic) bond motifs is 1. The zero-order chi connectivity index (χ0) is 22.2. The monoisotopic (exact) mass is 422 g/mol. The molecular weight excluding hydrogens is 396 g/mol. The number of carboxylic acids is 1. The summed E-state index contributed by atoms with van der Waals surface area (Å²) in [4.78, 5) is 28.2. The third kappa shape index (κ3) is 6.08. The van der Waals surface area contributed by atoms with Crippen molar-refractivity contribution in [2.75, 3.05) is 13.2 Å². The molecule has 0 aliphatic heterocycles. The number of aliphatic carboxylic acids is 1. The fourth-order valence-electron chi connectivity index (χ4n) is 3.33. The van der Waals surface area contributed by atoms with Crippen LogP contribution in [-0.2, 0) is 17.8 Å². The minimum absolute atomic E-state index is 0.0779. The summed E-state index contributed by atoms with van der Waals surface area (Å²) >= 11 is 0. The highest BCUT2D eigenvalue weighted by atomic mass is 16.5. The number of nitrogens with two attached hydrogens (primary N) is 2. The number of unbranched alkanes of at least 4 members (excludes halogenated alkanes) is 1. The summed E-state index contributed by atoms with van der Waals surface area (Å²) in [5, 5.41) is 9.97. The molecule has 8 heteroatoms. The van der Waals surface area contributed by atoms with Crippen LogP contribution in [0.3, 0.4) is 0 Å². The maximum Gasteiger partial charge on any atom is 0.308 e. The van der Waals surface area contributed by atoms with Crippen LogP contribution in [0, 0.1) is 0 Å². The summed E-state index contributed by atoms with van der Waals surface area (Å²) < 4.78 is 7.45. The minimum Gasteiger partial charge on any atom is -0.494 e. The van der Waals surface area contributed by atoms with Crippen LogP contribution in [0.15, 0.2) is 64.4 Å². The number of rotatable bonds is 10. The van der Waals surface area contributed by atoms with E-state index in [0.717, 1.165) is 23.8 Å². The highest BCUT2D eigenvalue weighted by molar-refractivity contribution is 5.82. The summed E-state index contributed by atoms with van der Waals surface area (Å²) in [5.74, 6) is -0.320. The van der Waals surface area contributed by atoms with Crippen molar-refractivity contribution in [2.24, 2.45) is 16.5 Å². The predicted molar refractivity (Wildman–Crippen MR) is 120 cm³/mol. The van der Waals surface area contributed by atoms with Crippen LogP contribution in [-0.4, -0.2) is 34.8 Å². The van der Waals surface area contributed by atoms with Crippen molar-refractivity contribution < 1.29 is 14.6 Å². The van der Waals surface area contributed by atoms with E-state index in [1.165, 1.54) is 0 Å². The van der Waals surface area contributed by atoms with Crippen LogP contribution in [0.25, 0.3) is 10.9 Å². The molecule has 0 radical (unpaired) electrons. The molecule has 0 fully saturated rings. The molecule has 3 rings (SSSR count). The fraction of sp³-hybridized carbons (Fsp3) is 0.261. The first-order valence-electron chi connectivity index (χ1n) is 10.0. The molecule has 31 heavy (non-hydrogen) atoms. The van der Waals surface area contributed by atoms with Crippen LogP contribution in [0.5, 0.6) is 5.75 Å². The van der Waals surface area contributed by atoms with Gasteiger partial charge >= 0.3 is 5.97 Å². The predicted octanol–water partition coefficient (Wildman–Crippen LogP) is 2.11. The second-order valence-electron chi connectivity index (χ2n) is 7.20. The summed E-state index contributed by atoms with van der Waals surface area (Å²) in [7, 11) is 0. The average molecular weight is 422 g/mol. The lowest BCUT2D eigenvalue weighted by molar-refractivity contribution is -0.136. The van der Waals surface area contributed by atoms with E-state index in [2.05, 4.69) is 4.99 Å². The molecule has 0 amide bonds. The second kappa shape index (κ2) is 10.3. The molecule has 0 spiro atoms. The highest BCUT2D eigenvalue weighted by Crippen LogP contribution is 2.22. The van der Waals surface area contributed by atoms with Gasteiger partial charge in [0.05, 0.1) is 25.1 Å². The van der Waals surface area contributed by atoms with E-state index in [-0.39, 0.29) is 23.5 Å². The molecule has 3 aromatic rings. The Kier molecular flexibility index (Phi) is 7.26. The SMILES string of the molecule is NC(N)=NCCCCOc1ccc2cc(CC(=O)O)c(=O)n(Cc3ccccc3)c2c1. The van der Waals surface area contributed by atoms with E-state index in [1.807, 2.05) is 48.5 Å². The van der Waals surface area contributed by atoms with Crippen molar-refractivity contribution in [3.05, 3.63) is 76.1 Å². The maximum atomic E-state index is 13.0. The molecule has 0 bridgehead atoms. The Morgan fingerprint density at radius 1 is 1.06 bits per heavy atom.